The fourth-order valence-corrected chi connectivity index (χ4v) is 2.02. The molecule has 2 atom stereocenters. The zero-order valence-electron chi connectivity index (χ0n) is 8.10. The van der Waals surface area contributed by atoms with Gasteiger partial charge in [-0.1, -0.05) is 0 Å². The van der Waals surface area contributed by atoms with Gasteiger partial charge in [-0.2, -0.15) is 5.10 Å². The minimum absolute atomic E-state index is 0.0324. The number of likely N-dealkylation sites (N-methyl/N-ethyl adjacent to an activating group) is 1. The molecule has 0 radical (unpaired) electrons. The lowest BCUT2D eigenvalue weighted by Crippen LogP contribution is -2.33. The Bertz CT molecular complexity index is 322. The second kappa shape index (κ2) is 3.42. The first-order valence-electron chi connectivity index (χ1n) is 4.78. The van der Waals surface area contributed by atoms with Crippen molar-refractivity contribution in [3.8, 4) is 0 Å². The Labute approximate surface area is 82.3 Å². The van der Waals surface area contributed by atoms with Crippen molar-refractivity contribution in [2.75, 3.05) is 6.54 Å². The third-order valence-electron chi connectivity index (χ3n) is 2.65. The molecule has 0 saturated carbocycles. The first-order valence-corrected chi connectivity index (χ1v) is 4.78. The molecular weight excluding hydrogens is 180 g/mol. The molecule has 0 spiro atoms. The number of amides is 1. The molecule has 1 aromatic heterocycles. The number of aromatic amines is 1. The van der Waals surface area contributed by atoms with Crippen molar-refractivity contribution in [2.24, 2.45) is 5.73 Å². The van der Waals surface area contributed by atoms with Crippen molar-refractivity contribution in [2.45, 2.75) is 25.4 Å². The summed E-state index contributed by atoms with van der Waals surface area (Å²) in [4.78, 5) is 13.3. The Morgan fingerprint density at radius 2 is 2.57 bits per heavy atom. The summed E-state index contributed by atoms with van der Waals surface area (Å²) in [5, 5.41) is 6.75. The molecule has 1 saturated heterocycles. The third kappa shape index (κ3) is 1.29. The van der Waals surface area contributed by atoms with Gasteiger partial charge in [0, 0.05) is 25.2 Å². The molecule has 76 valence electrons. The van der Waals surface area contributed by atoms with Crippen LogP contribution in [-0.2, 0) is 4.79 Å². The molecule has 1 amide bonds. The van der Waals surface area contributed by atoms with E-state index in [1.807, 2.05) is 13.0 Å². The van der Waals surface area contributed by atoms with E-state index in [0.29, 0.717) is 13.0 Å². The summed E-state index contributed by atoms with van der Waals surface area (Å²) < 4.78 is 0. The molecule has 3 N–H and O–H groups in total. The van der Waals surface area contributed by atoms with Crippen LogP contribution in [0.2, 0.25) is 0 Å². The van der Waals surface area contributed by atoms with Crippen LogP contribution in [0.15, 0.2) is 12.3 Å². The van der Waals surface area contributed by atoms with E-state index in [-0.39, 0.29) is 18.0 Å². The first kappa shape index (κ1) is 9.21. The van der Waals surface area contributed by atoms with Gasteiger partial charge in [-0.25, -0.2) is 0 Å². The number of aromatic nitrogens is 2. The predicted molar refractivity (Wildman–Crippen MR) is 51.3 cm³/mol. The number of nitrogens with one attached hydrogen (secondary N) is 1. The second-order valence-corrected chi connectivity index (χ2v) is 3.50. The van der Waals surface area contributed by atoms with Gasteiger partial charge in [0.05, 0.1) is 11.7 Å². The average molecular weight is 194 g/mol. The molecule has 0 bridgehead atoms. The molecule has 0 aromatic carbocycles. The van der Waals surface area contributed by atoms with E-state index in [4.69, 9.17) is 5.73 Å². The molecular formula is C9H14N4O. The monoisotopic (exact) mass is 194 g/mol. The van der Waals surface area contributed by atoms with Crippen molar-refractivity contribution < 1.29 is 4.79 Å². The minimum Gasteiger partial charge on any atom is -0.333 e. The van der Waals surface area contributed by atoms with E-state index in [1.165, 1.54) is 0 Å². The number of nitrogens with zero attached hydrogens (tertiary/aromatic N) is 2. The quantitative estimate of drug-likeness (QED) is 0.697. The highest BCUT2D eigenvalue weighted by Crippen LogP contribution is 2.30. The number of hydrogen-bond donors (Lipinski definition) is 2. The van der Waals surface area contributed by atoms with Gasteiger partial charge in [-0.15, -0.1) is 0 Å². The van der Waals surface area contributed by atoms with Crippen molar-refractivity contribution in [3.63, 3.8) is 0 Å². The normalized spacial score (nSPS) is 27.3. The number of hydrogen-bond acceptors (Lipinski definition) is 3. The average Bonchev–Trinajstić information content (AvgIpc) is 2.72. The van der Waals surface area contributed by atoms with Crippen molar-refractivity contribution in [1.82, 2.24) is 15.1 Å². The fourth-order valence-electron chi connectivity index (χ4n) is 2.02. The first-order chi connectivity index (χ1) is 6.74. The van der Waals surface area contributed by atoms with Crippen molar-refractivity contribution in [3.05, 3.63) is 18.0 Å². The zero-order valence-corrected chi connectivity index (χ0v) is 8.10. The number of carbonyl (C=O) groups is 1. The maximum Gasteiger partial charge on any atom is 0.224 e. The fraction of sp³-hybridized carbons (Fsp3) is 0.556. The van der Waals surface area contributed by atoms with Crippen LogP contribution >= 0.6 is 0 Å². The van der Waals surface area contributed by atoms with Gasteiger partial charge in [-0.3, -0.25) is 9.89 Å². The Balaban J connectivity index is 2.28. The number of nitrogens with two attached hydrogens (primary N) is 1. The largest absolute Gasteiger partial charge is 0.333 e. The van der Waals surface area contributed by atoms with Crippen LogP contribution in [0.25, 0.3) is 0 Å². The number of rotatable bonds is 2. The molecule has 1 fully saturated rings. The van der Waals surface area contributed by atoms with Crippen LogP contribution in [0.1, 0.15) is 25.1 Å². The summed E-state index contributed by atoms with van der Waals surface area (Å²) in [6.07, 6.45) is 2.11. The summed E-state index contributed by atoms with van der Waals surface area (Å²) >= 11 is 0. The van der Waals surface area contributed by atoms with Gasteiger partial charge in [0.15, 0.2) is 0 Å². The van der Waals surface area contributed by atoms with Crippen molar-refractivity contribution >= 4 is 5.91 Å². The van der Waals surface area contributed by atoms with Crippen LogP contribution in [0, 0.1) is 0 Å². The van der Waals surface area contributed by atoms with Crippen LogP contribution < -0.4 is 5.73 Å². The molecule has 5 heteroatoms. The lowest BCUT2D eigenvalue weighted by atomic mass is 10.1. The highest BCUT2D eigenvalue weighted by molar-refractivity contribution is 5.80. The summed E-state index contributed by atoms with van der Waals surface area (Å²) in [7, 11) is 0. The number of carbonyl (C=O) groups excluding carboxylic acids is 1. The smallest absolute Gasteiger partial charge is 0.224 e. The van der Waals surface area contributed by atoms with Gasteiger partial charge < -0.3 is 10.6 Å². The van der Waals surface area contributed by atoms with E-state index in [1.54, 1.807) is 11.1 Å². The maximum atomic E-state index is 11.5. The van der Waals surface area contributed by atoms with Gasteiger partial charge >= 0.3 is 0 Å². The highest BCUT2D eigenvalue weighted by Gasteiger charge is 2.38. The molecule has 2 rings (SSSR count). The van der Waals surface area contributed by atoms with Crippen LogP contribution in [-0.4, -0.2) is 33.6 Å². The second-order valence-electron chi connectivity index (χ2n) is 3.50. The topological polar surface area (TPSA) is 75.0 Å². The van der Waals surface area contributed by atoms with Crippen LogP contribution in [0.5, 0.6) is 0 Å². The zero-order chi connectivity index (χ0) is 10.1. The van der Waals surface area contributed by atoms with E-state index >= 15 is 0 Å². The standard InChI is InChI=1S/C9H14N4O/c1-2-13-8(14)5-6(10)9(13)7-3-4-11-12-7/h3-4,6,9H,2,5,10H2,1H3,(H,11,12). The molecule has 2 heterocycles. The number of H-pyrrole nitrogens is 1. The molecule has 0 aliphatic carbocycles. The lowest BCUT2D eigenvalue weighted by molar-refractivity contribution is -0.128. The van der Waals surface area contributed by atoms with Gasteiger partial charge in [0.25, 0.3) is 0 Å². The molecule has 1 aliphatic rings. The van der Waals surface area contributed by atoms with E-state index in [9.17, 15) is 4.79 Å². The molecule has 1 aliphatic heterocycles. The predicted octanol–water partition coefficient (Wildman–Crippen LogP) is 0.0303. The summed E-state index contributed by atoms with van der Waals surface area (Å²) in [6, 6.07) is 1.71. The molecule has 5 nitrogen and oxygen atoms in total. The molecule has 1 aromatic rings. The van der Waals surface area contributed by atoms with E-state index in [2.05, 4.69) is 10.2 Å². The van der Waals surface area contributed by atoms with Crippen molar-refractivity contribution in [1.29, 1.82) is 0 Å². The minimum atomic E-state index is -0.122. The Hall–Kier alpha value is -1.36. The van der Waals surface area contributed by atoms with Crippen LogP contribution in [0.3, 0.4) is 0 Å². The van der Waals surface area contributed by atoms with Gasteiger partial charge in [-0.05, 0) is 13.0 Å². The summed E-state index contributed by atoms with van der Waals surface area (Å²) in [5.41, 5.74) is 6.84. The van der Waals surface area contributed by atoms with E-state index in [0.717, 1.165) is 5.69 Å². The lowest BCUT2D eigenvalue weighted by Gasteiger charge is -2.24. The maximum absolute atomic E-state index is 11.5. The highest BCUT2D eigenvalue weighted by atomic mass is 16.2. The SMILES string of the molecule is CCN1C(=O)CC(N)C1c1ccn[nH]1. The molecule has 2 unspecified atom stereocenters. The Kier molecular flexibility index (Phi) is 2.25. The Morgan fingerprint density at radius 3 is 3.14 bits per heavy atom. The Morgan fingerprint density at radius 1 is 1.79 bits per heavy atom. The number of likely N-dealkylation sites (tertiary alicyclic amines) is 1. The van der Waals surface area contributed by atoms with Gasteiger partial charge in [0.1, 0.15) is 0 Å². The van der Waals surface area contributed by atoms with Crippen LogP contribution in [0.4, 0.5) is 0 Å². The summed E-state index contributed by atoms with van der Waals surface area (Å²) in [6.45, 7) is 2.65. The third-order valence-corrected chi connectivity index (χ3v) is 2.65. The van der Waals surface area contributed by atoms with E-state index < -0.39 is 0 Å². The van der Waals surface area contributed by atoms with Gasteiger partial charge in [0.2, 0.25) is 5.91 Å². The summed E-state index contributed by atoms with van der Waals surface area (Å²) in [5.74, 6) is 0.125. The molecule has 14 heavy (non-hydrogen) atoms.